The van der Waals surface area contributed by atoms with Crippen molar-refractivity contribution in [2.75, 3.05) is 39.8 Å². The van der Waals surface area contributed by atoms with Crippen molar-refractivity contribution in [3.05, 3.63) is 0 Å². The van der Waals surface area contributed by atoms with E-state index in [0.717, 1.165) is 38.6 Å². The summed E-state index contributed by atoms with van der Waals surface area (Å²) in [6.45, 7) is 9.29. The number of hydrogen-bond acceptors (Lipinski definition) is 3. The third-order valence-corrected chi connectivity index (χ3v) is 4.05. The summed E-state index contributed by atoms with van der Waals surface area (Å²) in [4.78, 5) is 14.0. The van der Waals surface area contributed by atoms with Crippen LogP contribution in [0.15, 0.2) is 0 Å². The lowest BCUT2D eigenvalue weighted by Gasteiger charge is -2.28. The molecule has 2 N–H and O–H groups in total. The van der Waals surface area contributed by atoms with Gasteiger partial charge in [0.1, 0.15) is 0 Å². The molecule has 0 aromatic rings. The molecule has 106 valence electrons. The minimum atomic E-state index is 0.213. The van der Waals surface area contributed by atoms with Crippen LogP contribution in [0.5, 0.6) is 0 Å². The quantitative estimate of drug-likeness (QED) is 0.715. The number of piperidine rings is 1. The van der Waals surface area contributed by atoms with Crippen molar-refractivity contribution in [1.82, 2.24) is 15.5 Å². The molecule has 4 nitrogen and oxygen atoms in total. The Kier molecular flexibility index (Phi) is 7.28. The van der Waals surface area contributed by atoms with Crippen molar-refractivity contribution in [3.8, 4) is 0 Å². The summed E-state index contributed by atoms with van der Waals surface area (Å²) in [5.74, 6) is 1.44. The molecule has 0 bridgehead atoms. The average molecular weight is 255 g/mol. The largest absolute Gasteiger partial charge is 0.355 e. The SMILES string of the molecule is CCN(C)CCNC(=O)CC(C)C1CCNCC1. The van der Waals surface area contributed by atoms with Gasteiger partial charge in [-0.2, -0.15) is 0 Å². The van der Waals surface area contributed by atoms with Crippen LogP contribution in [0.3, 0.4) is 0 Å². The van der Waals surface area contributed by atoms with Crippen LogP contribution in [-0.2, 0) is 4.79 Å². The van der Waals surface area contributed by atoms with Crippen LogP contribution >= 0.6 is 0 Å². The lowest BCUT2D eigenvalue weighted by atomic mass is 9.84. The van der Waals surface area contributed by atoms with Gasteiger partial charge >= 0.3 is 0 Å². The molecule has 1 rings (SSSR count). The van der Waals surface area contributed by atoms with Gasteiger partial charge in [0.05, 0.1) is 0 Å². The molecular weight excluding hydrogens is 226 g/mol. The van der Waals surface area contributed by atoms with E-state index in [4.69, 9.17) is 0 Å². The molecule has 4 heteroatoms. The van der Waals surface area contributed by atoms with Gasteiger partial charge in [-0.1, -0.05) is 13.8 Å². The van der Waals surface area contributed by atoms with Crippen molar-refractivity contribution in [2.24, 2.45) is 11.8 Å². The molecular formula is C14H29N3O. The molecule has 1 atom stereocenters. The van der Waals surface area contributed by atoms with Gasteiger partial charge in [0.15, 0.2) is 0 Å². The Balaban J connectivity index is 2.14. The van der Waals surface area contributed by atoms with Gasteiger partial charge in [0.25, 0.3) is 0 Å². The van der Waals surface area contributed by atoms with Crippen LogP contribution in [0.2, 0.25) is 0 Å². The zero-order valence-corrected chi connectivity index (χ0v) is 12.2. The number of carbonyl (C=O) groups excluding carboxylic acids is 1. The van der Waals surface area contributed by atoms with Gasteiger partial charge in [-0.05, 0) is 51.4 Å². The molecule has 0 aliphatic carbocycles. The summed E-state index contributed by atoms with van der Waals surface area (Å²) < 4.78 is 0. The Bertz CT molecular complexity index is 239. The minimum Gasteiger partial charge on any atom is -0.355 e. The molecule has 1 unspecified atom stereocenters. The van der Waals surface area contributed by atoms with Crippen LogP contribution in [0.25, 0.3) is 0 Å². The highest BCUT2D eigenvalue weighted by Crippen LogP contribution is 2.23. The zero-order chi connectivity index (χ0) is 13.4. The maximum absolute atomic E-state index is 11.8. The summed E-state index contributed by atoms with van der Waals surface area (Å²) in [6.07, 6.45) is 3.11. The van der Waals surface area contributed by atoms with Crippen LogP contribution in [0.4, 0.5) is 0 Å². The molecule has 18 heavy (non-hydrogen) atoms. The van der Waals surface area contributed by atoms with Gasteiger partial charge in [0, 0.05) is 19.5 Å². The minimum absolute atomic E-state index is 0.213. The topological polar surface area (TPSA) is 44.4 Å². The summed E-state index contributed by atoms with van der Waals surface area (Å²) in [5.41, 5.74) is 0. The van der Waals surface area contributed by atoms with Crippen molar-refractivity contribution in [1.29, 1.82) is 0 Å². The smallest absolute Gasteiger partial charge is 0.220 e. The molecule has 0 saturated carbocycles. The fraction of sp³-hybridized carbons (Fsp3) is 0.929. The lowest BCUT2D eigenvalue weighted by Crippen LogP contribution is -2.36. The molecule has 0 radical (unpaired) electrons. The van der Waals surface area contributed by atoms with Gasteiger partial charge in [-0.3, -0.25) is 4.79 Å². The second-order valence-corrected chi connectivity index (χ2v) is 5.51. The number of rotatable bonds is 7. The van der Waals surface area contributed by atoms with Gasteiger partial charge < -0.3 is 15.5 Å². The molecule has 1 amide bonds. The summed E-state index contributed by atoms with van der Waals surface area (Å²) in [6, 6.07) is 0. The number of amides is 1. The first kappa shape index (κ1) is 15.4. The normalized spacial score (nSPS) is 18.9. The van der Waals surface area contributed by atoms with E-state index in [1.807, 2.05) is 0 Å². The third-order valence-electron chi connectivity index (χ3n) is 4.05. The van der Waals surface area contributed by atoms with Crippen molar-refractivity contribution in [3.63, 3.8) is 0 Å². The second-order valence-electron chi connectivity index (χ2n) is 5.51. The molecule has 1 saturated heterocycles. The van der Waals surface area contributed by atoms with Crippen LogP contribution in [-0.4, -0.2) is 50.6 Å². The summed E-state index contributed by atoms with van der Waals surface area (Å²) >= 11 is 0. The standard InChI is InChI=1S/C14H29N3O/c1-4-17(3)10-9-16-14(18)11-12(2)13-5-7-15-8-6-13/h12-13,15H,4-11H2,1-3H3,(H,16,18). The maximum Gasteiger partial charge on any atom is 0.220 e. The third kappa shape index (κ3) is 5.83. The van der Waals surface area contributed by atoms with Gasteiger partial charge in [-0.15, -0.1) is 0 Å². The van der Waals surface area contributed by atoms with Crippen molar-refractivity contribution < 1.29 is 4.79 Å². The van der Waals surface area contributed by atoms with E-state index in [-0.39, 0.29) is 5.91 Å². The van der Waals surface area contributed by atoms with Crippen LogP contribution in [0, 0.1) is 11.8 Å². The van der Waals surface area contributed by atoms with E-state index in [1.54, 1.807) is 0 Å². The highest BCUT2D eigenvalue weighted by atomic mass is 16.1. The Hall–Kier alpha value is -0.610. The first-order chi connectivity index (χ1) is 8.63. The Labute approximate surface area is 111 Å². The highest BCUT2D eigenvalue weighted by Gasteiger charge is 2.21. The molecule has 1 heterocycles. The fourth-order valence-corrected chi connectivity index (χ4v) is 2.49. The van der Waals surface area contributed by atoms with E-state index < -0.39 is 0 Å². The molecule has 1 aliphatic rings. The first-order valence-electron chi connectivity index (χ1n) is 7.29. The monoisotopic (exact) mass is 255 g/mol. The van der Waals surface area contributed by atoms with E-state index >= 15 is 0 Å². The number of carbonyl (C=O) groups is 1. The number of likely N-dealkylation sites (N-methyl/N-ethyl adjacent to an activating group) is 1. The maximum atomic E-state index is 11.8. The van der Waals surface area contributed by atoms with Crippen molar-refractivity contribution >= 4 is 5.91 Å². The molecule has 0 aromatic carbocycles. The number of nitrogens with zero attached hydrogens (tertiary/aromatic N) is 1. The van der Waals surface area contributed by atoms with E-state index in [1.165, 1.54) is 12.8 Å². The predicted molar refractivity (Wildman–Crippen MR) is 75.6 cm³/mol. The molecule has 1 fully saturated rings. The van der Waals surface area contributed by atoms with Crippen LogP contribution < -0.4 is 10.6 Å². The molecule has 0 spiro atoms. The van der Waals surface area contributed by atoms with Crippen molar-refractivity contribution in [2.45, 2.75) is 33.1 Å². The fourth-order valence-electron chi connectivity index (χ4n) is 2.49. The second kappa shape index (κ2) is 8.48. The number of nitrogens with one attached hydrogen (secondary N) is 2. The Morgan fingerprint density at radius 3 is 2.72 bits per heavy atom. The number of hydrogen-bond donors (Lipinski definition) is 2. The van der Waals surface area contributed by atoms with E-state index in [2.05, 4.69) is 36.4 Å². The molecule has 0 aromatic heterocycles. The lowest BCUT2D eigenvalue weighted by molar-refractivity contribution is -0.122. The Morgan fingerprint density at radius 2 is 2.11 bits per heavy atom. The predicted octanol–water partition coefficient (Wildman–Crippen LogP) is 1.08. The summed E-state index contributed by atoms with van der Waals surface area (Å²) in [7, 11) is 2.07. The summed E-state index contributed by atoms with van der Waals surface area (Å²) in [5, 5.41) is 6.39. The molecule has 1 aliphatic heterocycles. The van der Waals surface area contributed by atoms with E-state index in [0.29, 0.717) is 12.3 Å². The van der Waals surface area contributed by atoms with Gasteiger partial charge in [0.2, 0.25) is 5.91 Å². The first-order valence-corrected chi connectivity index (χ1v) is 7.29. The van der Waals surface area contributed by atoms with Crippen LogP contribution in [0.1, 0.15) is 33.1 Å². The Morgan fingerprint density at radius 1 is 1.44 bits per heavy atom. The van der Waals surface area contributed by atoms with Gasteiger partial charge in [-0.25, -0.2) is 0 Å². The average Bonchev–Trinajstić information content (AvgIpc) is 2.39. The van der Waals surface area contributed by atoms with E-state index in [9.17, 15) is 4.79 Å². The highest BCUT2D eigenvalue weighted by molar-refractivity contribution is 5.76. The zero-order valence-electron chi connectivity index (χ0n) is 12.2.